The maximum atomic E-state index is 6.02. The molecule has 110 valence electrons. The first-order valence-corrected chi connectivity index (χ1v) is 7.80. The van der Waals surface area contributed by atoms with Gasteiger partial charge in [0, 0.05) is 27.2 Å². The molecule has 1 saturated carbocycles. The lowest BCUT2D eigenvalue weighted by atomic mass is 9.77. The van der Waals surface area contributed by atoms with Crippen LogP contribution in [0.25, 0.3) is 0 Å². The summed E-state index contributed by atoms with van der Waals surface area (Å²) in [6, 6.07) is 0. The van der Waals surface area contributed by atoms with Crippen LogP contribution < -0.4 is 9.80 Å². The molecule has 1 aliphatic carbocycles. The van der Waals surface area contributed by atoms with Gasteiger partial charge in [0.1, 0.15) is 0 Å². The molecular formula is C14H22ClN5. The Morgan fingerprint density at radius 1 is 1.00 bits per heavy atom. The standard InChI is InChI=1S/C14H22ClN5/c1-19(2)12-16-11(15)17-13(18-12)20-9-7-14(8-10-20)5-3-4-6-14/h3-10H2,1-2H3. The predicted octanol–water partition coefficient (Wildman–Crippen LogP) is 2.75. The zero-order chi connectivity index (χ0) is 14.2. The average Bonchev–Trinajstić information content (AvgIpc) is 2.87. The molecule has 2 heterocycles. The lowest BCUT2D eigenvalue weighted by Crippen LogP contribution is -2.40. The third-order valence-corrected chi connectivity index (χ3v) is 4.92. The Morgan fingerprint density at radius 3 is 2.25 bits per heavy atom. The van der Waals surface area contributed by atoms with Gasteiger partial charge in [-0.15, -0.1) is 0 Å². The Morgan fingerprint density at radius 2 is 1.65 bits per heavy atom. The van der Waals surface area contributed by atoms with Crippen molar-refractivity contribution < 1.29 is 0 Å². The van der Waals surface area contributed by atoms with Crippen LogP contribution in [0.5, 0.6) is 0 Å². The van der Waals surface area contributed by atoms with Crippen LogP contribution in [0.15, 0.2) is 0 Å². The van der Waals surface area contributed by atoms with E-state index >= 15 is 0 Å². The third-order valence-electron chi connectivity index (χ3n) is 4.76. The number of aromatic nitrogens is 3. The van der Waals surface area contributed by atoms with Crippen molar-refractivity contribution in [2.75, 3.05) is 37.0 Å². The fourth-order valence-corrected chi connectivity index (χ4v) is 3.63. The Labute approximate surface area is 125 Å². The summed E-state index contributed by atoms with van der Waals surface area (Å²) in [5.74, 6) is 1.35. The molecular weight excluding hydrogens is 274 g/mol. The van der Waals surface area contributed by atoms with Crippen molar-refractivity contribution in [3.63, 3.8) is 0 Å². The molecule has 1 aliphatic heterocycles. The summed E-state index contributed by atoms with van der Waals surface area (Å²) in [6.45, 7) is 2.07. The van der Waals surface area contributed by atoms with E-state index in [1.807, 2.05) is 19.0 Å². The maximum absolute atomic E-state index is 6.02. The molecule has 0 radical (unpaired) electrons. The van der Waals surface area contributed by atoms with Gasteiger partial charge < -0.3 is 9.80 Å². The Kier molecular flexibility index (Phi) is 3.71. The van der Waals surface area contributed by atoms with Crippen molar-refractivity contribution in [1.29, 1.82) is 0 Å². The van der Waals surface area contributed by atoms with Crippen molar-refractivity contribution in [3.8, 4) is 0 Å². The molecule has 1 spiro atoms. The summed E-state index contributed by atoms with van der Waals surface area (Å²) in [4.78, 5) is 17.1. The molecule has 0 bridgehead atoms. The van der Waals surface area contributed by atoms with Crippen LogP contribution in [0.3, 0.4) is 0 Å². The molecule has 0 atom stereocenters. The van der Waals surface area contributed by atoms with Gasteiger partial charge in [-0.2, -0.15) is 15.0 Å². The molecule has 0 amide bonds. The van der Waals surface area contributed by atoms with E-state index in [0.29, 0.717) is 11.4 Å². The Balaban J connectivity index is 1.74. The van der Waals surface area contributed by atoms with Crippen molar-refractivity contribution in [2.45, 2.75) is 38.5 Å². The molecule has 1 saturated heterocycles. The highest BCUT2D eigenvalue weighted by Gasteiger charge is 2.37. The van der Waals surface area contributed by atoms with E-state index in [-0.39, 0.29) is 5.28 Å². The monoisotopic (exact) mass is 295 g/mol. The highest BCUT2D eigenvalue weighted by Crippen LogP contribution is 2.46. The lowest BCUT2D eigenvalue weighted by molar-refractivity contribution is 0.225. The molecule has 2 aliphatic rings. The first-order chi connectivity index (χ1) is 9.58. The SMILES string of the molecule is CN(C)c1nc(Cl)nc(N2CCC3(CCCC3)CC2)n1. The minimum absolute atomic E-state index is 0.278. The molecule has 5 nitrogen and oxygen atoms in total. The summed E-state index contributed by atoms with van der Waals surface area (Å²) >= 11 is 6.02. The maximum Gasteiger partial charge on any atom is 0.231 e. The van der Waals surface area contributed by atoms with Gasteiger partial charge in [0.15, 0.2) is 0 Å². The van der Waals surface area contributed by atoms with Crippen LogP contribution in [-0.2, 0) is 0 Å². The van der Waals surface area contributed by atoms with Crippen LogP contribution in [0, 0.1) is 5.41 Å². The lowest BCUT2D eigenvalue weighted by Gasteiger charge is -2.39. The normalized spacial score (nSPS) is 21.4. The highest BCUT2D eigenvalue weighted by molar-refractivity contribution is 6.28. The van der Waals surface area contributed by atoms with Crippen molar-refractivity contribution in [3.05, 3.63) is 5.28 Å². The number of halogens is 1. The van der Waals surface area contributed by atoms with E-state index in [4.69, 9.17) is 11.6 Å². The molecule has 20 heavy (non-hydrogen) atoms. The zero-order valence-electron chi connectivity index (χ0n) is 12.3. The van der Waals surface area contributed by atoms with Gasteiger partial charge in [-0.05, 0) is 42.7 Å². The molecule has 6 heteroatoms. The van der Waals surface area contributed by atoms with E-state index in [9.17, 15) is 0 Å². The van der Waals surface area contributed by atoms with Crippen molar-refractivity contribution in [2.24, 2.45) is 5.41 Å². The van der Waals surface area contributed by atoms with Gasteiger partial charge in [0.2, 0.25) is 17.2 Å². The second kappa shape index (κ2) is 5.35. The number of anilines is 2. The quantitative estimate of drug-likeness (QED) is 0.839. The number of hydrogen-bond donors (Lipinski definition) is 0. The minimum Gasteiger partial charge on any atom is -0.347 e. The van der Waals surface area contributed by atoms with Crippen LogP contribution >= 0.6 is 11.6 Å². The van der Waals surface area contributed by atoms with Gasteiger partial charge in [-0.3, -0.25) is 0 Å². The third kappa shape index (κ3) is 2.68. The van der Waals surface area contributed by atoms with Crippen LogP contribution in [0.4, 0.5) is 11.9 Å². The zero-order valence-corrected chi connectivity index (χ0v) is 13.0. The largest absolute Gasteiger partial charge is 0.347 e. The average molecular weight is 296 g/mol. The van der Waals surface area contributed by atoms with E-state index in [1.165, 1.54) is 38.5 Å². The summed E-state index contributed by atoms with van der Waals surface area (Å²) in [7, 11) is 3.83. The summed E-state index contributed by atoms with van der Waals surface area (Å²) in [5.41, 5.74) is 0.609. The topological polar surface area (TPSA) is 45.2 Å². The number of rotatable bonds is 2. The van der Waals surface area contributed by atoms with Crippen molar-refractivity contribution in [1.82, 2.24) is 15.0 Å². The second-order valence-corrected chi connectivity index (χ2v) is 6.63. The number of nitrogens with zero attached hydrogens (tertiary/aromatic N) is 5. The van der Waals surface area contributed by atoms with E-state index in [2.05, 4.69) is 19.9 Å². The first kappa shape index (κ1) is 13.9. The molecule has 1 aromatic heterocycles. The number of piperidine rings is 1. The van der Waals surface area contributed by atoms with Gasteiger partial charge in [-0.1, -0.05) is 12.8 Å². The van der Waals surface area contributed by atoms with Crippen LogP contribution in [0.1, 0.15) is 38.5 Å². The van der Waals surface area contributed by atoms with E-state index < -0.39 is 0 Å². The summed E-state index contributed by atoms with van der Waals surface area (Å²) in [5, 5.41) is 0.278. The Hall–Kier alpha value is -1.10. The summed E-state index contributed by atoms with van der Waals surface area (Å²) in [6.07, 6.45) is 8.13. The molecule has 3 rings (SSSR count). The molecule has 0 unspecified atom stereocenters. The summed E-state index contributed by atoms with van der Waals surface area (Å²) < 4.78 is 0. The van der Waals surface area contributed by atoms with E-state index in [0.717, 1.165) is 19.0 Å². The van der Waals surface area contributed by atoms with E-state index in [1.54, 1.807) is 0 Å². The molecule has 1 aromatic rings. The van der Waals surface area contributed by atoms with Gasteiger partial charge in [0.25, 0.3) is 0 Å². The van der Waals surface area contributed by atoms with Gasteiger partial charge in [0.05, 0.1) is 0 Å². The van der Waals surface area contributed by atoms with Gasteiger partial charge >= 0.3 is 0 Å². The smallest absolute Gasteiger partial charge is 0.231 e. The molecule has 0 N–H and O–H groups in total. The molecule has 0 aromatic carbocycles. The predicted molar refractivity (Wildman–Crippen MR) is 81.5 cm³/mol. The Bertz CT molecular complexity index is 474. The second-order valence-electron chi connectivity index (χ2n) is 6.29. The van der Waals surface area contributed by atoms with Crippen LogP contribution in [-0.4, -0.2) is 42.1 Å². The fourth-order valence-electron chi connectivity index (χ4n) is 3.48. The highest BCUT2D eigenvalue weighted by atomic mass is 35.5. The minimum atomic E-state index is 0.278. The van der Waals surface area contributed by atoms with Gasteiger partial charge in [-0.25, -0.2) is 0 Å². The van der Waals surface area contributed by atoms with Crippen LogP contribution in [0.2, 0.25) is 5.28 Å². The first-order valence-electron chi connectivity index (χ1n) is 7.42. The number of hydrogen-bond acceptors (Lipinski definition) is 5. The molecule has 2 fully saturated rings. The fraction of sp³-hybridized carbons (Fsp3) is 0.786. The van der Waals surface area contributed by atoms with Crippen molar-refractivity contribution >= 4 is 23.5 Å².